The zero-order valence-electron chi connectivity index (χ0n) is 14.2. The molecule has 5 nitrogen and oxygen atoms in total. The molecule has 3 N–H and O–H groups in total. The molecule has 0 spiro atoms. The molecule has 25 heavy (non-hydrogen) atoms. The van der Waals surface area contributed by atoms with Gasteiger partial charge in [0.1, 0.15) is 0 Å². The van der Waals surface area contributed by atoms with Gasteiger partial charge in [0, 0.05) is 18.7 Å². The molecule has 130 valence electrons. The summed E-state index contributed by atoms with van der Waals surface area (Å²) in [5.41, 5.74) is 2.79. The van der Waals surface area contributed by atoms with Crippen molar-refractivity contribution in [3.8, 4) is 0 Å². The quantitative estimate of drug-likeness (QED) is 0.749. The topological polar surface area (TPSA) is 78.4 Å². The molecule has 0 aliphatic heterocycles. The molecule has 0 fully saturated rings. The van der Waals surface area contributed by atoms with Crippen LogP contribution in [-0.2, 0) is 22.4 Å². The first-order valence-corrected chi connectivity index (χ1v) is 8.41. The highest BCUT2D eigenvalue weighted by Gasteiger charge is 2.32. The maximum atomic E-state index is 12.1. The molecule has 1 aliphatic carbocycles. The number of carbonyl (C=O) groups is 2. The number of amides is 2. The van der Waals surface area contributed by atoms with E-state index in [1.54, 1.807) is 12.1 Å². The third-order valence-corrected chi connectivity index (χ3v) is 4.68. The van der Waals surface area contributed by atoms with Crippen molar-refractivity contribution in [2.45, 2.75) is 31.8 Å². The molecule has 0 saturated heterocycles. The van der Waals surface area contributed by atoms with Crippen molar-refractivity contribution < 1.29 is 14.7 Å². The minimum Gasteiger partial charge on any atom is -0.388 e. The van der Waals surface area contributed by atoms with Crippen LogP contribution in [0.1, 0.15) is 23.1 Å². The van der Waals surface area contributed by atoms with Gasteiger partial charge in [0.05, 0.1) is 5.60 Å². The highest BCUT2D eigenvalue weighted by Crippen LogP contribution is 2.28. The van der Waals surface area contributed by atoms with Gasteiger partial charge in [-0.25, -0.2) is 0 Å². The molecule has 2 aromatic rings. The third kappa shape index (κ3) is 4.06. The van der Waals surface area contributed by atoms with E-state index in [1.165, 1.54) is 5.56 Å². The van der Waals surface area contributed by atoms with E-state index in [0.717, 1.165) is 17.5 Å². The van der Waals surface area contributed by atoms with E-state index in [9.17, 15) is 14.7 Å². The second-order valence-electron chi connectivity index (χ2n) is 6.62. The lowest BCUT2D eigenvalue weighted by Gasteiger charge is -2.33. The van der Waals surface area contributed by atoms with Gasteiger partial charge in [-0.3, -0.25) is 9.59 Å². The number of nitrogens with one attached hydrogen (secondary N) is 2. The first-order valence-electron chi connectivity index (χ1n) is 8.41. The molecule has 0 bridgehead atoms. The number of carbonyl (C=O) groups excluding carboxylic acids is 2. The zero-order valence-corrected chi connectivity index (χ0v) is 14.2. The lowest BCUT2D eigenvalue weighted by atomic mass is 9.80. The summed E-state index contributed by atoms with van der Waals surface area (Å²) in [7, 11) is 0. The Hall–Kier alpha value is -2.66. The van der Waals surface area contributed by atoms with E-state index in [-0.39, 0.29) is 6.54 Å². The van der Waals surface area contributed by atoms with E-state index >= 15 is 0 Å². The third-order valence-electron chi connectivity index (χ3n) is 4.68. The highest BCUT2D eigenvalue weighted by atomic mass is 16.3. The summed E-state index contributed by atoms with van der Waals surface area (Å²) >= 11 is 0. The summed E-state index contributed by atoms with van der Waals surface area (Å²) in [6, 6.07) is 15.2. The number of aliphatic hydroxyl groups is 1. The normalized spacial score (nSPS) is 19.0. The Morgan fingerprint density at radius 2 is 1.72 bits per heavy atom. The summed E-state index contributed by atoms with van der Waals surface area (Å²) in [6.45, 7) is 1.91. The van der Waals surface area contributed by atoms with Crippen LogP contribution in [0.5, 0.6) is 0 Å². The SMILES string of the molecule is Cc1ccccc1NC(=O)C(=O)NCC1(O)CCc2ccccc2C1. The van der Waals surface area contributed by atoms with E-state index < -0.39 is 17.4 Å². The Kier molecular flexibility index (Phi) is 4.86. The van der Waals surface area contributed by atoms with Crippen LogP contribution in [0, 0.1) is 6.92 Å². The van der Waals surface area contributed by atoms with Crippen LogP contribution in [0.25, 0.3) is 0 Å². The molecule has 0 radical (unpaired) electrons. The Bertz CT molecular complexity index is 803. The molecule has 1 atom stereocenters. The number of hydrogen-bond donors (Lipinski definition) is 3. The van der Waals surface area contributed by atoms with Gasteiger partial charge in [-0.2, -0.15) is 0 Å². The summed E-state index contributed by atoms with van der Waals surface area (Å²) < 4.78 is 0. The monoisotopic (exact) mass is 338 g/mol. The van der Waals surface area contributed by atoms with Crippen LogP contribution >= 0.6 is 0 Å². The van der Waals surface area contributed by atoms with Crippen molar-refractivity contribution in [1.29, 1.82) is 0 Å². The fourth-order valence-electron chi connectivity index (χ4n) is 3.15. The van der Waals surface area contributed by atoms with Gasteiger partial charge in [0.2, 0.25) is 0 Å². The predicted molar refractivity (Wildman–Crippen MR) is 96.2 cm³/mol. The molecule has 0 aromatic heterocycles. The number of benzene rings is 2. The first kappa shape index (κ1) is 17.2. The van der Waals surface area contributed by atoms with Crippen LogP contribution in [0.2, 0.25) is 0 Å². The minimum atomic E-state index is -1.02. The van der Waals surface area contributed by atoms with Crippen molar-refractivity contribution in [2.75, 3.05) is 11.9 Å². The lowest BCUT2D eigenvalue weighted by Crippen LogP contribution is -2.49. The van der Waals surface area contributed by atoms with Crippen molar-refractivity contribution in [3.05, 3.63) is 65.2 Å². The largest absolute Gasteiger partial charge is 0.388 e. The molecular formula is C20H22N2O3. The molecule has 0 heterocycles. The maximum Gasteiger partial charge on any atom is 0.313 e. The number of anilines is 1. The number of rotatable bonds is 3. The molecule has 1 unspecified atom stereocenters. The average Bonchev–Trinajstić information content (AvgIpc) is 2.61. The fourth-order valence-corrected chi connectivity index (χ4v) is 3.15. The summed E-state index contributed by atoms with van der Waals surface area (Å²) in [4.78, 5) is 24.1. The standard InChI is InChI=1S/C20H22N2O3/c1-14-6-2-5-9-17(14)22-19(24)18(23)21-13-20(25)11-10-15-7-3-4-8-16(15)12-20/h2-9,25H,10-13H2,1H3,(H,21,23)(H,22,24). The fraction of sp³-hybridized carbons (Fsp3) is 0.300. The number of fused-ring (bicyclic) bond motifs is 1. The summed E-state index contributed by atoms with van der Waals surface area (Å²) in [5.74, 6) is -1.47. The van der Waals surface area contributed by atoms with Gasteiger partial charge >= 0.3 is 11.8 Å². The van der Waals surface area contributed by atoms with Gasteiger partial charge in [0.15, 0.2) is 0 Å². The molecule has 1 aliphatic rings. The molecule has 0 saturated carbocycles. The van der Waals surface area contributed by atoms with Crippen LogP contribution in [0.4, 0.5) is 5.69 Å². The Balaban J connectivity index is 1.57. The zero-order chi connectivity index (χ0) is 17.9. The minimum absolute atomic E-state index is 0.0569. The summed E-state index contributed by atoms with van der Waals surface area (Å²) in [6.07, 6.45) is 1.80. The lowest BCUT2D eigenvalue weighted by molar-refractivity contribution is -0.136. The van der Waals surface area contributed by atoms with Crippen molar-refractivity contribution in [1.82, 2.24) is 5.32 Å². The van der Waals surface area contributed by atoms with Gasteiger partial charge in [-0.05, 0) is 42.5 Å². The molecule has 3 rings (SSSR count). The molecule has 2 amide bonds. The second-order valence-corrected chi connectivity index (χ2v) is 6.62. The molecular weight excluding hydrogens is 316 g/mol. The van der Waals surface area contributed by atoms with Gasteiger partial charge in [-0.1, -0.05) is 42.5 Å². The van der Waals surface area contributed by atoms with Crippen LogP contribution < -0.4 is 10.6 Å². The second kappa shape index (κ2) is 7.07. The van der Waals surface area contributed by atoms with Crippen molar-refractivity contribution in [2.24, 2.45) is 0 Å². The van der Waals surface area contributed by atoms with Gasteiger partial charge in [-0.15, -0.1) is 0 Å². The van der Waals surface area contributed by atoms with Gasteiger partial charge < -0.3 is 15.7 Å². The van der Waals surface area contributed by atoms with Gasteiger partial charge in [0.25, 0.3) is 0 Å². The smallest absolute Gasteiger partial charge is 0.313 e. The van der Waals surface area contributed by atoms with E-state index in [0.29, 0.717) is 18.5 Å². The maximum absolute atomic E-state index is 12.1. The number of aryl methyl sites for hydroxylation is 2. The van der Waals surface area contributed by atoms with Crippen molar-refractivity contribution in [3.63, 3.8) is 0 Å². The van der Waals surface area contributed by atoms with E-state index in [1.807, 2.05) is 37.3 Å². The highest BCUT2D eigenvalue weighted by molar-refractivity contribution is 6.39. The first-order chi connectivity index (χ1) is 12.0. The Morgan fingerprint density at radius 3 is 2.48 bits per heavy atom. The Morgan fingerprint density at radius 1 is 1.04 bits per heavy atom. The Labute approximate surface area is 147 Å². The molecule has 2 aromatic carbocycles. The predicted octanol–water partition coefficient (Wildman–Crippen LogP) is 1.97. The van der Waals surface area contributed by atoms with Crippen molar-refractivity contribution >= 4 is 17.5 Å². The van der Waals surface area contributed by atoms with Crippen LogP contribution in [0.15, 0.2) is 48.5 Å². The number of para-hydroxylation sites is 1. The van der Waals surface area contributed by atoms with E-state index in [4.69, 9.17) is 0 Å². The number of hydrogen-bond acceptors (Lipinski definition) is 3. The average molecular weight is 338 g/mol. The molecule has 5 heteroatoms. The van der Waals surface area contributed by atoms with Crippen LogP contribution in [-0.4, -0.2) is 29.1 Å². The van der Waals surface area contributed by atoms with Crippen LogP contribution in [0.3, 0.4) is 0 Å². The summed E-state index contributed by atoms with van der Waals surface area (Å²) in [5, 5.41) is 15.9. The van der Waals surface area contributed by atoms with E-state index in [2.05, 4.69) is 16.7 Å².